The zero-order valence-electron chi connectivity index (χ0n) is 8.24. The third-order valence-corrected chi connectivity index (χ3v) is 3.24. The molecule has 2 aromatic rings. The number of hydrogen-bond acceptors (Lipinski definition) is 4. The van der Waals surface area contributed by atoms with Gasteiger partial charge >= 0.3 is 0 Å². The first kappa shape index (κ1) is 10.6. The molecule has 0 radical (unpaired) electrons. The third-order valence-electron chi connectivity index (χ3n) is 1.88. The summed E-state index contributed by atoms with van der Waals surface area (Å²) < 4.78 is 26.1. The lowest BCUT2D eigenvalue weighted by atomic mass is 10.4. The summed E-state index contributed by atoms with van der Waals surface area (Å²) in [5.74, 6) is 0. The van der Waals surface area contributed by atoms with Gasteiger partial charge in [0.15, 0.2) is 0 Å². The Bertz CT molecular complexity index is 555. The minimum Gasteiger partial charge on any atom is -0.279 e. The van der Waals surface area contributed by atoms with Crippen molar-refractivity contribution in [2.75, 3.05) is 4.72 Å². The largest absolute Gasteiger partial charge is 0.279 e. The van der Waals surface area contributed by atoms with E-state index in [0.29, 0.717) is 5.69 Å². The van der Waals surface area contributed by atoms with E-state index >= 15 is 0 Å². The van der Waals surface area contributed by atoms with Crippen LogP contribution in [0, 0.1) is 0 Å². The fourth-order valence-corrected chi connectivity index (χ4v) is 2.16. The van der Waals surface area contributed by atoms with Crippen LogP contribution < -0.4 is 4.72 Å². The zero-order chi connectivity index (χ0) is 11.4. The van der Waals surface area contributed by atoms with E-state index in [1.165, 1.54) is 30.9 Å². The Kier molecular flexibility index (Phi) is 2.82. The summed E-state index contributed by atoms with van der Waals surface area (Å²) in [7, 11) is -3.55. The predicted octanol–water partition coefficient (Wildman–Crippen LogP) is 1.28. The van der Waals surface area contributed by atoms with Crippen LogP contribution in [0.5, 0.6) is 0 Å². The van der Waals surface area contributed by atoms with Gasteiger partial charge in [0.25, 0.3) is 10.0 Å². The lowest BCUT2D eigenvalue weighted by Gasteiger charge is -2.06. The minimum absolute atomic E-state index is 0.131. The highest BCUT2D eigenvalue weighted by atomic mass is 32.2. The number of hydrogen-bond donors (Lipinski definition) is 1. The van der Waals surface area contributed by atoms with Gasteiger partial charge in [0.05, 0.1) is 5.69 Å². The Morgan fingerprint density at radius 2 is 1.75 bits per heavy atom. The van der Waals surface area contributed by atoms with E-state index in [9.17, 15) is 8.42 Å². The van der Waals surface area contributed by atoms with Crippen molar-refractivity contribution < 1.29 is 8.42 Å². The van der Waals surface area contributed by atoms with Crippen molar-refractivity contribution in [3.05, 3.63) is 49.1 Å². The molecule has 0 aliphatic rings. The lowest BCUT2D eigenvalue weighted by molar-refractivity contribution is 0.601. The molecular weight excluding hydrogens is 226 g/mol. The zero-order valence-corrected chi connectivity index (χ0v) is 9.05. The van der Waals surface area contributed by atoms with E-state index in [1.807, 2.05) is 0 Å². The molecular formula is C10H9N3O2S. The van der Waals surface area contributed by atoms with E-state index in [1.54, 1.807) is 18.2 Å². The van der Waals surface area contributed by atoms with Gasteiger partial charge in [0.2, 0.25) is 0 Å². The van der Waals surface area contributed by atoms with E-state index in [2.05, 4.69) is 14.7 Å². The van der Waals surface area contributed by atoms with E-state index in [4.69, 9.17) is 0 Å². The SMILES string of the molecule is O=S(=O)(Nc1ccncc1)c1cccnc1. The van der Waals surface area contributed by atoms with Gasteiger partial charge in [0, 0.05) is 24.8 Å². The van der Waals surface area contributed by atoms with Crippen LogP contribution in [0.4, 0.5) is 5.69 Å². The highest BCUT2D eigenvalue weighted by Gasteiger charge is 2.13. The molecule has 0 bridgehead atoms. The van der Waals surface area contributed by atoms with Crippen molar-refractivity contribution in [3.8, 4) is 0 Å². The molecule has 0 spiro atoms. The fraction of sp³-hybridized carbons (Fsp3) is 0. The molecule has 2 heterocycles. The minimum atomic E-state index is -3.55. The Hall–Kier alpha value is -1.95. The predicted molar refractivity (Wildman–Crippen MR) is 59.3 cm³/mol. The van der Waals surface area contributed by atoms with Crippen molar-refractivity contribution in [3.63, 3.8) is 0 Å². The Morgan fingerprint density at radius 1 is 1.00 bits per heavy atom. The van der Waals surface area contributed by atoms with E-state index in [0.717, 1.165) is 0 Å². The molecule has 0 aromatic carbocycles. The lowest BCUT2D eigenvalue weighted by Crippen LogP contribution is -2.12. The first-order valence-corrected chi connectivity index (χ1v) is 6.00. The van der Waals surface area contributed by atoms with Crippen LogP contribution in [0.2, 0.25) is 0 Å². The quantitative estimate of drug-likeness (QED) is 0.869. The summed E-state index contributed by atoms with van der Waals surface area (Å²) in [5.41, 5.74) is 0.471. The summed E-state index contributed by atoms with van der Waals surface area (Å²) in [4.78, 5) is 7.69. The smallest absolute Gasteiger partial charge is 0.263 e. The van der Waals surface area contributed by atoms with Crippen LogP contribution in [0.1, 0.15) is 0 Å². The van der Waals surface area contributed by atoms with Crippen molar-refractivity contribution in [2.24, 2.45) is 0 Å². The van der Waals surface area contributed by atoms with Crippen LogP contribution in [0.15, 0.2) is 53.9 Å². The molecule has 5 nitrogen and oxygen atoms in total. The molecule has 6 heteroatoms. The Morgan fingerprint density at radius 3 is 2.38 bits per heavy atom. The average Bonchev–Trinajstić information content (AvgIpc) is 2.31. The normalized spacial score (nSPS) is 11.0. The number of nitrogens with one attached hydrogen (secondary N) is 1. The first-order valence-electron chi connectivity index (χ1n) is 4.51. The van der Waals surface area contributed by atoms with Crippen molar-refractivity contribution in [1.29, 1.82) is 0 Å². The Labute approximate surface area is 93.2 Å². The number of rotatable bonds is 3. The number of sulfonamides is 1. The van der Waals surface area contributed by atoms with Crippen molar-refractivity contribution in [1.82, 2.24) is 9.97 Å². The molecule has 0 aliphatic heterocycles. The molecule has 2 rings (SSSR count). The first-order chi connectivity index (χ1) is 7.68. The third kappa shape index (κ3) is 2.34. The number of pyridine rings is 2. The van der Waals surface area contributed by atoms with Crippen molar-refractivity contribution in [2.45, 2.75) is 4.90 Å². The molecule has 0 amide bonds. The molecule has 0 fully saturated rings. The summed E-state index contributed by atoms with van der Waals surface area (Å²) >= 11 is 0. The molecule has 16 heavy (non-hydrogen) atoms. The molecule has 0 unspecified atom stereocenters. The number of anilines is 1. The molecule has 1 N–H and O–H groups in total. The van der Waals surface area contributed by atoms with E-state index in [-0.39, 0.29) is 4.90 Å². The second-order valence-electron chi connectivity index (χ2n) is 3.03. The van der Waals surface area contributed by atoms with Gasteiger partial charge in [-0.2, -0.15) is 0 Å². The van der Waals surface area contributed by atoms with Gasteiger partial charge in [-0.3, -0.25) is 14.7 Å². The van der Waals surface area contributed by atoms with E-state index < -0.39 is 10.0 Å². The number of aromatic nitrogens is 2. The van der Waals surface area contributed by atoms with Crippen LogP contribution in [0.3, 0.4) is 0 Å². The molecule has 82 valence electrons. The van der Waals surface area contributed by atoms with Crippen LogP contribution >= 0.6 is 0 Å². The molecule has 0 atom stereocenters. The molecule has 0 aliphatic carbocycles. The molecule has 0 saturated heterocycles. The maximum Gasteiger partial charge on any atom is 0.263 e. The van der Waals surface area contributed by atoms with Crippen LogP contribution in [0.25, 0.3) is 0 Å². The van der Waals surface area contributed by atoms with Gasteiger partial charge in [-0.15, -0.1) is 0 Å². The maximum atomic E-state index is 11.8. The average molecular weight is 235 g/mol. The highest BCUT2D eigenvalue weighted by molar-refractivity contribution is 7.92. The fourth-order valence-electron chi connectivity index (χ4n) is 1.14. The van der Waals surface area contributed by atoms with Gasteiger partial charge in [-0.05, 0) is 24.3 Å². The van der Waals surface area contributed by atoms with Crippen molar-refractivity contribution >= 4 is 15.7 Å². The van der Waals surface area contributed by atoms with Gasteiger partial charge in [0.1, 0.15) is 4.90 Å². The standard InChI is InChI=1S/C10H9N3O2S/c14-16(15,10-2-1-5-12-8-10)13-9-3-6-11-7-4-9/h1-8H,(H,11,13). The second kappa shape index (κ2) is 4.28. The highest BCUT2D eigenvalue weighted by Crippen LogP contribution is 2.13. The molecule has 2 aromatic heterocycles. The maximum absolute atomic E-state index is 11.8. The van der Waals surface area contributed by atoms with Gasteiger partial charge in [-0.25, -0.2) is 8.42 Å². The van der Waals surface area contributed by atoms with Gasteiger partial charge < -0.3 is 0 Å². The summed E-state index contributed by atoms with van der Waals surface area (Å²) in [5, 5.41) is 0. The summed E-state index contributed by atoms with van der Waals surface area (Å²) in [6.45, 7) is 0. The summed E-state index contributed by atoms with van der Waals surface area (Å²) in [6, 6.07) is 6.21. The summed E-state index contributed by atoms with van der Waals surface area (Å²) in [6.07, 6.45) is 5.84. The Balaban J connectivity index is 2.29. The second-order valence-corrected chi connectivity index (χ2v) is 4.71. The molecule has 0 saturated carbocycles. The topological polar surface area (TPSA) is 72.0 Å². The number of nitrogens with zero attached hydrogens (tertiary/aromatic N) is 2. The van der Waals surface area contributed by atoms with Crippen LogP contribution in [-0.2, 0) is 10.0 Å². The monoisotopic (exact) mass is 235 g/mol. The van der Waals surface area contributed by atoms with Crippen LogP contribution in [-0.4, -0.2) is 18.4 Å². The van der Waals surface area contributed by atoms with Gasteiger partial charge in [-0.1, -0.05) is 0 Å².